The predicted molar refractivity (Wildman–Crippen MR) is 189 cm³/mol. The summed E-state index contributed by atoms with van der Waals surface area (Å²) in [4.78, 5) is 46.1. The lowest BCUT2D eigenvalue weighted by Gasteiger charge is -2.28. The SMILES string of the molecule is C#CCOc1c(Cl)cc(/C=C2\C(=O)N=C(SCC(=O)NC(c3ccccc3)c3ccccc3)N(C(/C=C\C=C)=C/C)C2=O)cc1Br. The number of terminal acetylenes is 1. The van der Waals surface area contributed by atoms with Gasteiger partial charge in [-0.05, 0) is 63.8 Å². The second-order valence-corrected chi connectivity index (χ2v) is 11.8. The van der Waals surface area contributed by atoms with E-state index in [2.05, 4.69) is 38.7 Å². The molecule has 7 nitrogen and oxygen atoms in total. The van der Waals surface area contributed by atoms with Gasteiger partial charge in [0.25, 0.3) is 11.8 Å². The molecule has 46 heavy (non-hydrogen) atoms. The van der Waals surface area contributed by atoms with Crippen LogP contribution in [0.15, 0.2) is 124 Å². The van der Waals surface area contributed by atoms with Gasteiger partial charge in [-0.3, -0.25) is 19.3 Å². The van der Waals surface area contributed by atoms with E-state index in [0.717, 1.165) is 22.9 Å². The Bertz CT molecular complexity index is 1730. The zero-order chi connectivity index (χ0) is 33.1. The maximum atomic E-state index is 13.9. The van der Waals surface area contributed by atoms with Crippen molar-refractivity contribution in [2.45, 2.75) is 13.0 Å². The number of carbonyl (C=O) groups is 3. The quantitative estimate of drug-likeness (QED) is 0.0962. The smallest absolute Gasteiger partial charge is 0.285 e. The van der Waals surface area contributed by atoms with Gasteiger partial charge in [0.15, 0.2) is 10.9 Å². The molecular formula is C36H29BrClN3O4S. The van der Waals surface area contributed by atoms with Gasteiger partial charge in [0.05, 0.1) is 21.3 Å². The number of allylic oxidation sites excluding steroid dienone is 4. The fraction of sp³-hybridized carbons (Fsp3) is 0.111. The van der Waals surface area contributed by atoms with Crippen LogP contribution in [0.4, 0.5) is 0 Å². The Kier molecular flexibility index (Phi) is 12.4. The van der Waals surface area contributed by atoms with Gasteiger partial charge in [-0.2, -0.15) is 4.99 Å². The van der Waals surface area contributed by atoms with Gasteiger partial charge < -0.3 is 10.1 Å². The van der Waals surface area contributed by atoms with E-state index in [4.69, 9.17) is 22.8 Å². The number of rotatable bonds is 11. The molecule has 0 bridgehead atoms. The molecule has 3 aromatic rings. The maximum Gasteiger partial charge on any atom is 0.285 e. The van der Waals surface area contributed by atoms with Crippen LogP contribution in [0.25, 0.3) is 6.08 Å². The standard InChI is InChI=1S/C36H29BrClN3O4S/c1-4-7-18-27(6-3)41-35(44)28(20-24-21-29(37)33(30(38)22-24)45-19-5-2)34(43)40-36(41)46-23-31(42)39-32(25-14-10-8-11-15-25)26-16-12-9-13-17-26/h2,4,6-18,20-22,32H,1,19,23H2,3H3,(H,39,42)/b18-7-,27-6+,28-20+. The number of hydrogen-bond acceptors (Lipinski definition) is 5. The van der Waals surface area contributed by atoms with Crippen LogP contribution in [0.2, 0.25) is 5.02 Å². The summed E-state index contributed by atoms with van der Waals surface area (Å²) in [6.07, 6.45) is 13.3. The summed E-state index contributed by atoms with van der Waals surface area (Å²) in [6.45, 7) is 5.47. The molecule has 0 saturated carbocycles. The minimum atomic E-state index is -0.751. The molecule has 4 rings (SSSR count). The zero-order valence-electron chi connectivity index (χ0n) is 24.8. The molecule has 1 N–H and O–H groups in total. The number of nitrogens with one attached hydrogen (secondary N) is 1. The first-order chi connectivity index (χ1) is 22.3. The van der Waals surface area contributed by atoms with Crippen LogP contribution < -0.4 is 10.1 Å². The third-order valence-corrected chi connectivity index (χ3v) is 8.35. The molecule has 1 aliphatic heterocycles. The number of aliphatic imine (C=N–C) groups is 1. The van der Waals surface area contributed by atoms with Gasteiger partial charge in [-0.25, -0.2) is 0 Å². The number of nitrogens with zero attached hydrogens (tertiary/aromatic N) is 2. The van der Waals surface area contributed by atoms with Crippen molar-refractivity contribution < 1.29 is 19.1 Å². The van der Waals surface area contributed by atoms with Crippen LogP contribution in [0.1, 0.15) is 29.7 Å². The van der Waals surface area contributed by atoms with Crippen molar-refractivity contribution in [2.75, 3.05) is 12.4 Å². The number of ether oxygens (including phenoxy) is 1. The summed E-state index contributed by atoms with van der Waals surface area (Å²) < 4.78 is 5.97. The highest BCUT2D eigenvalue weighted by molar-refractivity contribution is 9.10. The van der Waals surface area contributed by atoms with Crippen LogP contribution in [0, 0.1) is 12.3 Å². The van der Waals surface area contributed by atoms with Crippen molar-refractivity contribution in [3.63, 3.8) is 0 Å². The van der Waals surface area contributed by atoms with Gasteiger partial charge in [-0.15, -0.1) is 6.42 Å². The molecule has 3 amide bonds. The molecular weight excluding hydrogens is 686 g/mol. The van der Waals surface area contributed by atoms with E-state index >= 15 is 0 Å². The summed E-state index contributed by atoms with van der Waals surface area (Å²) in [7, 11) is 0. The van der Waals surface area contributed by atoms with E-state index in [1.54, 1.807) is 43.4 Å². The number of carbonyl (C=O) groups excluding carboxylic acids is 3. The molecule has 1 aliphatic rings. The first-order valence-corrected chi connectivity index (χ1v) is 16.1. The molecule has 0 atom stereocenters. The van der Waals surface area contributed by atoms with Gasteiger partial charge in [0.1, 0.15) is 12.2 Å². The molecule has 0 spiro atoms. The Morgan fingerprint density at radius 2 is 1.80 bits per heavy atom. The van der Waals surface area contributed by atoms with E-state index in [1.807, 2.05) is 60.7 Å². The molecule has 0 unspecified atom stereocenters. The van der Waals surface area contributed by atoms with Crippen LogP contribution in [-0.2, 0) is 14.4 Å². The molecule has 1 heterocycles. The van der Waals surface area contributed by atoms with Crippen molar-refractivity contribution in [3.05, 3.63) is 141 Å². The Morgan fingerprint density at radius 3 is 2.37 bits per heavy atom. The molecule has 0 saturated heterocycles. The fourth-order valence-corrected chi connectivity index (χ4v) is 6.27. The maximum absolute atomic E-state index is 13.9. The number of benzene rings is 3. The Hall–Kier alpha value is -4.62. The van der Waals surface area contributed by atoms with Crippen molar-refractivity contribution in [1.29, 1.82) is 0 Å². The summed E-state index contributed by atoms with van der Waals surface area (Å²) >= 11 is 10.8. The van der Waals surface area contributed by atoms with E-state index in [9.17, 15) is 14.4 Å². The van der Waals surface area contributed by atoms with Gasteiger partial charge in [-0.1, -0.05) is 115 Å². The minimum Gasteiger partial charge on any atom is -0.478 e. The highest BCUT2D eigenvalue weighted by atomic mass is 79.9. The normalized spacial score (nSPS) is 14.4. The number of amides is 3. The number of amidine groups is 1. The average molecular weight is 715 g/mol. The van der Waals surface area contributed by atoms with E-state index in [0.29, 0.717) is 21.5 Å². The number of thioether (sulfide) groups is 1. The zero-order valence-corrected chi connectivity index (χ0v) is 27.9. The van der Waals surface area contributed by atoms with Crippen LogP contribution in [0.5, 0.6) is 5.75 Å². The van der Waals surface area contributed by atoms with Crippen molar-refractivity contribution in [2.24, 2.45) is 4.99 Å². The highest BCUT2D eigenvalue weighted by Crippen LogP contribution is 2.36. The van der Waals surface area contributed by atoms with E-state index in [1.165, 1.54) is 11.0 Å². The lowest BCUT2D eigenvalue weighted by Crippen LogP contribution is -2.42. The minimum absolute atomic E-state index is 0.0153. The first kappa shape index (κ1) is 34.3. The Morgan fingerprint density at radius 1 is 1.15 bits per heavy atom. The van der Waals surface area contributed by atoms with Gasteiger partial charge in [0, 0.05) is 5.70 Å². The number of halogens is 2. The molecule has 3 aromatic carbocycles. The third kappa shape index (κ3) is 8.55. The first-order valence-electron chi connectivity index (χ1n) is 14.0. The summed E-state index contributed by atoms with van der Waals surface area (Å²) in [5.74, 6) is 0.944. The summed E-state index contributed by atoms with van der Waals surface area (Å²) in [5.41, 5.74) is 2.55. The molecule has 10 heteroatoms. The van der Waals surface area contributed by atoms with Crippen LogP contribution >= 0.6 is 39.3 Å². The Labute approximate surface area is 285 Å². The summed E-state index contributed by atoms with van der Waals surface area (Å²) in [5, 5.41) is 3.38. The molecule has 0 fully saturated rings. The van der Waals surface area contributed by atoms with Crippen LogP contribution in [0.3, 0.4) is 0 Å². The predicted octanol–water partition coefficient (Wildman–Crippen LogP) is 7.51. The monoisotopic (exact) mass is 713 g/mol. The van der Waals surface area contributed by atoms with Crippen molar-refractivity contribution >= 4 is 68.3 Å². The topological polar surface area (TPSA) is 88.1 Å². The second kappa shape index (κ2) is 16.6. The molecule has 0 aromatic heterocycles. The fourth-order valence-electron chi connectivity index (χ4n) is 4.47. The van der Waals surface area contributed by atoms with E-state index < -0.39 is 17.9 Å². The Balaban J connectivity index is 1.63. The van der Waals surface area contributed by atoms with Crippen molar-refractivity contribution in [3.8, 4) is 18.1 Å². The largest absolute Gasteiger partial charge is 0.478 e. The van der Waals surface area contributed by atoms with Gasteiger partial charge in [0.2, 0.25) is 5.91 Å². The lowest BCUT2D eigenvalue weighted by molar-refractivity contribution is -0.126. The van der Waals surface area contributed by atoms with Gasteiger partial charge >= 0.3 is 0 Å². The molecule has 232 valence electrons. The van der Waals surface area contributed by atoms with Crippen LogP contribution in [-0.4, -0.2) is 40.1 Å². The third-order valence-electron chi connectivity index (χ3n) is 6.54. The lowest BCUT2D eigenvalue weighted by atomic mass is 9.99. The number of hydrogen-bond donors (Lipinski definition) is 1. The average Bonchev–Trinajstić information content (AvgIpc) is 3.06. The second-order valence-electron chi connectivity index (χ2n) is 9.62. The van der Waals surface area contributed by atoms with Crippen molar-refractivity contribution in [1.82, 2.24) is 10.2 Å². The molecule has 0 aliphatic carbocycles. The highest BCUT2D eigenvalue weighted by Gasteiger charge is 2.35. The van der Waals surface area contributed by atoms with E-state index in [-0.39, 0.29) is 34.0 Å². The molecule has 0 radical (unpaired) electrons. The summed E-state index contributed by atoms with van der Waals surface area (Å²) in [6, 6.07) is 22.0.